The number of hydrogen-bond donors (Lipinski definition) is 1. The van der Waals surface area contributed by atoms with E-state index in [1.54, 1.807) is 23.7 Å². The predicted molar refractivity (Wildman–Crippen MR) is 86.7 cm³/mol. The van der Waals surface area contributed by atoms with Crippen LogP contribution in [0.15, 0.2) is 46.4 Å². The molecule has 2 aromatic carbocycles. The van der Waals surface area contributed by atoms with Crippen molar-refractivity contribution in [1.82, 2.24) is 4.98 Å². The summed E-state index contributed by atoms with van der Waals surface area (Å²) in [5.41, 5.74) is 3.72. The molecule has 0 spiro atoms. The molecule has 0 fully saturated rings. The molecule has 1 N–H and O–H groups in total. The number of rotatable bonds is 2. The van der Waals surface area contributed by atoms with E-state index in [2.05, 4.69) is 26.2 Å². The van der Waals surface area contributed by atoms with E-state index in [-0.39, 0.29) is 5.91 Å². The maximum Gasteiger partial charge on any atom is 0.256 e. The van der Waals surface area contributed by atoms with Gasteiger partial charge in [-0.15, -0.1) is 11.3 Å². The Bertz CT molecular complexity index is 803. The van der Waals surface area contributed by atoms with Crippen molar-refractivity contribution in [2.45, 2.75) is 0 Å². The van der Waals surface area contributed by atoms with Crippen molar-refractivity contribution in [1.29, 1.82) is 0 Å². The molecule has 0 aliphatic rings. The van der Waals surface area contributed by atoms with Crippen molar-refractivity contribution in [2.24, 2.45) is 0 Å². The molecule has 0 saturated carbocycles. The number of anilines is 1. The van der Waals surface area contributed by atoms with Gasteiger partial charge in [0, 0.05) is 4.47 Å². The number of carbonyl (C=O) groups excluding carboxylic acids is 1. The summed E-state index contributed by atoms with van der Waals surface area (Å²) in [6.45, 7) is 0. The Kier molecular flexibility index (Phi) is 3.74. The summed E-state index contributed by atoms with van der Waals surface area (Å²) in [6.07, 6.45) is 0. The van der Waals surface area contributed by atoms with E-state index >= 15 is 0 Å². The molecule has 0 bridgehead atoms. The highest BCUT2D eigenvalue weighted by Crippen LogP contribution is 2.32. The van der Waals surface area contributed by atoms with Crippen molar-refractivity contribution in [2.75, 3.05) is 5.32 Å². The van der Waals surface area contributed by atoms with Crippen molar-refractivity contribution in [3.63, 3.8) is 0 Å². The first-order valence-corrected chi connectivity index (χ1v) is 7.79. The van der Waals surface area contributed by atoms with E-state index in [1.807, 2.05) is 18.2 Å². The molecule has 3 aromatic rings. The number of nitrogens with zero attached hydrogens (tertiary/aromatic N) is 1. The fourth-order valence-corrected chi connectivity index (χ4v) is 3.36. The quantitative estimate of drug-likeness (QED) is 0.695. The van der Waals surface area contributed by atoms with Crippen LogP contribution in [0.2, 0.25) is 5.02 Å². The fraction of sp³-hybridized carbons (Fsp3) is 0. The molecule has 0 unspecified atom stereocenters. The van der Waals surface area contributed by atoms with Crippen molar-refractivity contribution in [3.05, 3.63) is 57.0 Å². The van der Waals surface area contributed by atoms with Gasteiger partial charge in [0.15, 0.2) is 0 Å². The van der Waals surface area contributed by atoms with Gasteiger partial charge in [0.1, 0.15) is 5.52 Å². The van der Waals surface area contributed by atoms with Crippen molar-refractivity contribution in [3.8, 4) is 0 Å². The molecule has 0 aliphatic heterocycles. The summed E-state index contributed by atoms with van der Waals surface area (Å²) in [7, 11) is 0. The monoisotopic (exact) mass is 366 g/mol. The van der Waals surface area contributed by atoms with E-state index in [1.165, 1.54) is 11.3 Å². The summed E-state index contributed by atoms with van der Waals surface area (Å²) in [5, 5.41) is 3.48. The average Bonchev–Trinajstić information content (AvgIpc) is 2.93. The molecule has 1 heterocycles. The van der Waals surface area contributed by atoms with Crippen LogP contribution in [-0.2, 0) is 0 Å². The lowest BCUT2D eigenvalue weighted by atomic mass is 10.2. The van der Waals surface area contributed by atoms with Gasteiger partial charge in [0.05, 0.1) is 26.5 Å². The Hall–Kier alpha value is -1.43. The van der Waals surface area contributed by atoms with Gasteiger partial charge in [0.25, 0.3) is 5.91 Å². The lowest BCUT2D eigenvalue weighted by Crippen LogP contribution is -2.12. The van der Waals surface area contributed by atoms with Crippen LogP contribution in [0, 0.1) is 0 Å². The van der Waals surface area contributed by atoms with Gasteiger partial charge in [-0.05, 0) is 40.2 Å². The molecule has 0 saturated heterocycles. The first-order valence-electron chi connectivity index (χ1n) is 5.74. The zero-order valence-corrected chi connectivity index (χ0v) is 13.2. The number of amides is 1. The van der Waals surface area contributed by atoms with E-state index in [9.17, 15) is 4.79 Å². The SMILES string of the molecule is O=C(Nc1ccc(Cl)c2ncsc12)c1ccccc1Br. The maximum atomic E-state index is 12.3. The Morgan fingerprint density at radius 1 is 1.25 bits per heavy atom. The normalized spacial score (nSPS) is 10.7. The topological polar surface area (TPSA) is 42.0 Å². The molecule has 3 rings (SSSR count). The first kappa shape index (κ1) is 13.5. The standard InChI is InChI=1S/C14H8BrClN2OS/c15-9-4-2-1-3-8(9)14(19)18-11-6-5-10(16)12-13(11)20-7-17-12/h1-7H,(H,18,19). The van der Waals surface area contributed by atoms with Crippen LogP contribution in [-0.4, -0.2) is 10.9 Å². The number of benzene rings is 2. The van der Waals surface area contributed by atoms with Crippen LogP contribution in [0.3, 0.4) is 0 Å². The molecule has 100 valence electrons. The van der Waals surface area contributed by atoms with E-state index < -0.39 is 0 Å². The van der Waals surface area contributed by atoms with Crippen LogP contribution < -0.4 is 5.32 Å². The third kappa shape index (κ3) is 2.44. The molecular weight excluding hydrogens is 360 g/mol. The van der Waals surface area contributed by atoms with Gasteiger partial charge >= 0.3 is 0 Å². The van der Waals surface area contributed by atoms with Crippen molar-refractivity contribution < 1.29 is 4.79 Å². The number of halogens is 2. The third-order valence-corrected chi connectivity index (χ3v) is 4.66. The van der Waals surface area contributed by atoms with Crippen molar-refractivity contribution >= 4 is 60.7 Å². The molecule has 1 amide bonds. The average molecular weight is 368 g/mol. The van der Waals surface area contributed by atoms with Crippen LogP contribution in [0.4, 0.5) is 5.69 Å². The summed E-state index contributed by atoms with van der Waals surface area (Å²) in [5.74, 6) is -0.172. The molecule has 20 heavy (non-hydrogen) atoms. The van der Waals surface area contributed by atoms with E-state index in [4.69, 9.17) is 11.6 Å². The number of aromatic nitrogens is 1. The van der Waals surface area contributed by atoms with Gasteiger partial charge in [-0.3, -0.25) is 4.79 Å². The second kappa shape index (κ2) is 5.52. The van der Waals surface area contributed by atoms with E-state index in [0.29, 0.717) is 21.8 Å². The summed E-state index contributed by atoms with van der Waals surface area (Å²) in [4.78, 5) is 16.5. The Labute approximate surface area is 132 Å². The largest absolute Gasteiger partial charge is 0.321 e. The number of fused-ring (bicyclic) bond motifs is 1. The zero-order valence-electron chi connectivity index (χ0n) is 10.1. The number of nitrogens with one attached hydrogen (secondary N) is 1. The molecular formula is C14H8BrClN2OS. The summed E-state index contributed by atoms with van der Waals surface area (Å²) in [6, 6.07) is 10.8. The Morgan fingerprint density at radius 2 is 2.05 bits per heavy atom. The predicted octanol–water partition coefficient (Wildman–Crippen LogP) is 4.96. The van der Waals surface area contributed by atoms with E-state index in [0.717, 1.165) is 9.17 Å². The molecule has 3 nitrogen and oxygen atoms in total. The molecule has 1 aromatic heterocycles. The zero-order chi connectivity index (χ0) is 14.1. The molecule has 6 heteroatoms. The van der Waals surface area contributed by atoms with Crippen LogP contribution in [0.1, 0.15) is 10.4 Å². The summed E-state index contributed by atoms with van der Waals surface area (Å²) >= 11 is 10.9. The molecule has 0 atom stereocenters. The highest BCUT2D eigenvalue weighted by Gasteiger charge is 2.13. The second-order valence-electron chi connectivity index (χ2n) is 4.06. The first-order chi connectivity index (χ1) is 9.66. The van der Waals surface area contributed by atoms with Crippen LogP contribution in [0.25, 0.3) is 10.2 Å². The smallest absolute Gasteiger partial charge is 0.256 e. The minimum atomic E-state index is -0.172. The minimum absolute atomic E-state index is 0.172. The number of carbonyl (C=O) groups is 1. The lowest BCUT2D eigenvalue weighted by Gasteiger charge is -2.08. The lowest BCUT2D eigenvalue weighted by molar-refractivity contribution is 0.102. The van der Waals surface area contributed by atoms with Gasteiger partial charge in [-0.1, -0.05) is 23.7 Å². The van der Waals surface area contributed by atoms with Gasteiger partial charge in [-0.25, -0.2) is 4.98 Å². The number of hydrogen-bond acceptors (Lipinski definition) is 3. The van der Waals surface area contributed by atoms with Gasteiger partial charge < -0.3 is 5.32 Å². The molecule has 0 aliphatic carbocycles. The third-order valence-electron chi connectivity index (χ3n) is 2.80. The van der Waals surface area contributed by atoms with Gasteiger partial charge in [-0.2, -0.15) is 0 Å². The minimum Gasteiger partial charge on any atom is -0.321 e. The Balaban J connectivity index is 1.98. The van der Waals surface area contributed by atoms with Crippen LogP contribution in [0.5, 0.6) is 0 Å². The van der Waals surface area contributed by atoms with Gasteiger partial charge in [0.2, 0.25) is 0 Å². The van der Waals surface area contributed by atoms with Crippen LogP contribution >= 0.6 is 38.9 Å². The molecule has 0 radical (unpaired) electrons. The maximum absolute atomic E-state index is 12.3. The Morgan fingerprint density at radius 3 is 2.85 bits per heavy atom. The highest BCUT2D eigenvalue weighted by molar-refractivity contribution is 9.10. The highest BCUT2D eigenvalue weighted by atomic mass is 79.9. The summed E-state index contributed by atoms with van der Waals surface area (Å²) < 4.78 is 1.63. The second-order valence-corrected chi connectivity index (χ2v) is 6.18. The number of thiazole rings is 1. The fourth-order valence-electron chi connectivity index (χ4n) is 1.85.